The molecule has 6 nitrogen and oxygen atoms in total. The highest BCUT2D eigenvalue weighted by atomic mass is 16.1. The maximum Gasteiger partial charge on any atom is 0.255 e. The third kappa shape index (κ3) is 4.62. The fraction of sp³-hybridized carbons (Fsp3) is 0.105. The van der Waals surface area contributed by atoms with Crippen molar-refractivity contribution in [1.29, 1.82) is 0 Å². The maximum atomic E-state index is 12.4. The summed E-state index contributed by atoms with van der Waals surface area (Å²) < 4.78 is 0. The molecule has 0 saturated carbocycles. The van der Waals surface area contributed by atoms with Gasteiger partial charge in [-0.2, -0.15) is 0 Å². The van der Waals surface area contributed by atoms with Gasteiger partial charge < -0.3 is 16.4 Å². The van der Waals surface area contributed by atoms with Crippen LogP contribution in [0.15, 0.2) is 67.0 Å². The number of benzene rings is 2. The van der Waals surface area contributed by atoms with Gasteiger partial charge in [0, 0.05) is 30.4 Å². The second kappa shape index (κ2) is 8.03. The zero-order chi connectivity index (χ0) is 17.5. The molecule has 0 aliphatic heterocycles. The molecule has 2 aromatic carbocycles. The van der Waals surface area contributed by atoms with E-state index < -0.39 is 0 Å². The summed E-state index contributed by atoms with van der Waals surface area (Å²) in [5.41, 5.74) is 8.71. The number of hydrogen-bond donors (Lipinski definition) is 3. The molecular weight excluding hydrogens is 314 g/mol. The molecular formula is C19H19N5O. The van der Waals surface area contributed by atoms with Crippen LogP contribution in [-0.4, -0.2) is 15.9 Å². The minimum atomic E-state index is -0.138. The molecule has 0 unspecified atom stereocenters. The summed E-state index contributed by atoms with van der Waals surface area (Å²) in [4.78, 5) is 20.6. The molecule has 0 atom stereocenters. The van der Waals surface area contributed by atoms with Crippen LogP contribution >= 0.6 is 0 Å². The van der Waals surface area contributed by atoms with Crippen LogP contribution in [0.25, 0.3) is 0 Å². The fourth-order valence-electron chi connectivity index (χ4n) is 2.35. The van der Waals surface area contributed by atoms with Crippen LogP contribution in [0.2, 0.25) is 0 Å². The van der Waals surface area contributed by atoms with Gasteiger partial charge in [-0.25, -0.2) is 9.97 Å². The van der Waals surface area contributed by atoms with E-state index in [1.165, 1.54) is 6.33 Å². The molecule has 0 fully saturated rings. The van der Waals surface area contributed by atoms with Gasteiger partial charge in [-0.3, -0.25) is 4.79 Å². The van der Waals surface area contributed by atoms with E-state index in [2.05, 4.69) is 20.6 Å². The number of rotatable bonds is 6. The van der Waals surface area contributed by atoms with E-state index in [0.29, 0.717) is 24.5 Å². The summed E-state index contributed by atoms with van der Waals surface area (Å²) in [7, 11) is 0. The van der Waals surface area contributed by atoms with Gasteiger partial charge in [-0.1, -0.05) is 30.3 Å². The zero-order valence-corrected chi connectivity index (χ0v) is 13.6. The number of nitrogens with two attached hydrogens (primary N) is 1. The van der Waals surface area contributed by atoms with Crippen molar-refractivity contribution in [2.45, 2.75) is 13.1 Å². The van der Waals surface area contributed by atoms with Crippen LogP contribution in [0.3, 0.4) is 0 Å². The second-order valence-corrected chi connectivity index (χ2v) is 5.47. The maximum absolute atomic E-state index is 12.4. The number of carbonyl (C=O) groups excluding carboxylic acids is 1. The number of nitrogens with zero attached hydrogens (tertiary/aromatic N) is 2. The quantitative estimate of drug-likeness (QED) is 0.645. The van der Waals surface area contributed by atoms with Crippen molar-refractivity contribution in [2.75, 3.05) is 10.6 Å². The Morgan fingerprint density at radius 2 is 1.84 bits per heavy atom. The average Bonchev–Trinajstić information content (AvgIpc) is 2.67. The van der Waals surface area contributed by atoms with Gasteiger partial charge in [0.2, 0.25) is 0 Å². The molecule has 25 heavy (non-hydrogen) atoms. The number of aromatic nitrogens is 2. The van der Waals surface area contributed by atoms with Gasteiger partial charge in [0.1, 0.15) is 12.1 Å². The predicted octanol–water partition coefficient (Wildman–Crippen LogP) is 2.80. The molecule has 1 amide bonds. The van der Waals surface area contributed by atoms with E-state index in [4.69, 9.17) is 5.73 Å². The molecule has 0 bridgehead atoms. The Kier molecular flexibility index (Phi) is 5.33. The number of hydrogen-bond acceptors (Lipinski definition) is 5. The molecule has 1 heterocycles. The lowest BCUT2D eigenvalue weighted by Crippen LogP contribution is -2.12. The molecule has 0 aliphatic rings. The van der Waals surface area contributed by atoms with Crippen molar-refractivity contribution in [3.8, 4) is 0 Å². The Balaban J connectivity index is 1.65. The lowest BCUT2D eigenvalue weighted by molar-refractivity contribution is 0.102. The van der Waals surface area contributed by atoms with Crippen molar-refractivity contribution >= 4 is 17.4 Å². The molecule has 0 spiro atoms. The van der Waals surface area contributed by atoms with Crippen LogP contribution in [0.4, 0.5) is 11.5 Å². The van der Waals surface area contributed by atoms with E-state index >= 15 is 0 Å². The Morgan fingerprint density at radius 1 is 1.00 bits per heavy atom. The van der Waals surface area contributed by atoms with Crippen LogP contribution in [0.5, 0.6) is 0 Å². The van der Waals surface area contributed by atoms with E-state index in [-0.39, 0.29) is 5.91 Å². The number of nitrogens with one attached hydrogen (secondary N) is 2. The minimum Gasteiger partial charge on any atom is -0.366 e. The molecule has 3 aromatic rings. The summed E-state index contributed by atoms with van der Waals surface area (Å²) in [6, 6.07) is 18.7. The van der Waals surface area contributed by atoms with E-state index in [1.807, 2.05) is 54.6 Å². The SMILES string of the molecule is NCc1cc(NCc2cccc(C(=O)Nc3ccccc3)c2)ncn1. The summed E-state index contributed by atoms with van der Waals surface area (Å²) >= 11 is 0. The topological polar surface area (TPSA) is 92.9 Å². The van der Waals surface area contributed by atoms with Gasteiger partial charge in [0.25, 0.3) is 5.91 Å². The second-order valence-electron chi connectivity index (χ2n) is 5.47. The zero-order valence-electron chi connectivity index (χ0n) is 13.6. The van der Waals surface area contributed by atoms with Crippen molar-refractivity contribution < 1.29 is 4.79 Å². The smallest absolute Gasteiger partial charge is 0.255 e. The molecule has 126 valence electrons. The first-order chi connectivity index (χ1) is 12.2. The van der Waals surface area contributed by atoms with Crippen LogP contribution in [0, 0.1) is 0 Å². The lowest BCUT2D eigenvalue weighted by atomic mass is 10.1. The summed E-state index contributed by atoms with van der Waals surface area (Å²) in [5, 5.41) is 6.09. The monoisotopic (exact) mass is 333 g/mol. The molecule has 6 heteroatoms. The van der Waals surface area contributed by atoms with Crippen molar-refractivity contribution in [2.24, 2.45) is 5.73 Å². The number of amides is 1. The molecule has 3 rings (SSSR count). The molecule has 1 aromatic heterocycles. The normalized spacial score (nSPS) is 10.3. The van der Waals surface area contributed by atoms with Crippen molar-refractivity contribution in [1.82, 2.24) is 9.97 Å². The average molecular weight is 333 g/mol. The minimum absolute atomic E-state index is 0.138. The third-order valence-electron chi connectivity index (χ3n) is 3.63. The lowest BCUT2D eigenvalue weighted by Gasteiger charge is -2.09. The largest absolute Gasteiger partial charge is 0.366 e. The summed E-state index contributed by atoms with van der Waals surface area (Å²) in [6.07, 6.45) is 1.48. The molecule has 4 N–H and O–H groups in total. The van der Waals surface area contributed by atoms with Crippen LogP contribution < -0.4 is 16.4 Å². The highest BCUT2D eigenvalue weighted by Crippen LogP contribution is 2.12. The summed E-state index contributed by atoms with van der Waals surface area (Å²) in [5.74, 6) is 0.565. The van der Waals surface area contributed by atoms with Gasteiger partial charge in [-0.05, 0) is 29.8 Å². The van der Waals surface area contributed by atoms with Gasteiger partial charge in [0.05, 0.1) is 5.69 Å². The highest BCUT2D eigenvalue weighted by Gasteiger charge is 2.07. The van der Waals surface area contributed by atoms with E-state index in [0.717, 1.165) is 16.9 Å². The molecule has 0 radical (unpaired) electrons. The van der Waals surface area contributed by atoms with Gasteiger partial charge in [0.15, 0.2) is 0 Å². The van der Waals surface area contributed by atoms with E-state index in [1.54, 1.807) is 6.07 Å². The third-order valence-corrected chi connectivity index (χ3v) is 3.63. The Labute approximate surface area is 146 Å². The van der Waals surface area contributed by atoms with Gasteiger partial charge in [-0.15, -0.1) is 0 Å². The number of anilines is 2. The first-order valence-corrected chi connectivity index (χ1v) is 7.95. The number of carbonyl (C=O) groups is 1. The van der Waals surface area contributed by atoms with Crippen molar-refractivity contribution in [3.05, 3.63) is 83.8 Å². The standard InChI is InChI=1S/C19H19N5O/c20-11-17-10-18(23-13-22-17)21-12-14-5-4-6-15(9-14)19(25)24-16-7-2-1-3-8-16/h1-10,13H,11-12,20H2,(H,24,25)(H,21,22,23). The summed E-state index contributed by atoms with van der Waals surface area (Å²) in [6.45, 7) is 0.916. The Hall–Kier alpha value is -3.25. The Morgan fingerprint density at radius 3 is 2.64 bits per heavy atom. The van der Waals surface area contributed by atoms with Crippen LogP contribution in [0.1, 0.15) is 21.6 Å². The van der Waals surface area contributed by atoms with Gasteiger partial charge >= 0.3 is 0 Å². The Bertz CT molecular complexity index is 851. The highest BCUT2D eigenvalue weighted by molar-refractivity contribution is 6.04. The molecule has 0 saturated heterocycles. The van der Waals surface area contributed by atoms with Crippen molar-refractivity contribution in [3.63, 3.8) is 0 Å². The van der Waals surface area contributed by atoms with Crippen LogP contribution in [-0.2, 0) is 13.1 Å². The van der Waals surface area contributed by atoms with E-state index in [9.17, 15) is 4.79 Å². The first-order valence-electron chi connectivity index (χ1n) is 7.95. The first kappa shape index (κ1) is 16.6. The fourth-order valence-corrected chi connectivity index (χ4v) is 2.35. The molecule has 0 aliphatic carbocycles. The predicted molar refractivity (Wildman–Crippen MR) is 98.1 cm³/mol. The number of para-hydroxylation sites is 1.